The van der Waals surface area contributed by atoms with Crippen LogP contribution in [0.3, 0.4) is 0 Å². The Balaban J connectivity index is 2.24. The molecular formula is C12H24N2OS. The third kappa shape index (κ3) is 4.00. The zero-order chi connectivity index (χ0) is 12.2. The number of hydrogen-bond acceptors (Lipinski definition) is 3. The van der Waals surface area contributed by atoms with Crippen molar-refractivity contribution in [3.63, 3.8) is 0 Å². The largest absolute Gasteiger partial charge is 0.393 e. The first-order chi connectivity index (χ1) is 7.44. The number of ether oxygens (including phenoxy) is 1. The quantitative estimate of drug-likeness (QED) is 0.749. The molecule has 94 valence electrons. The van der Waals surface area contributed by atoms with Crippen molar-refractivity contribution in [2.75, 3.05) is 26.2 Å². The van der Waals surface area contributed by atoms with Crippen LogP contribution in [0.4, 0.5) is 0 Å². The Bertz CT molecular complexity index is 235. The highest BCUT2D eigenvalue weighted by molar-refractivity contribution is 7.80. The van der Waals surface area contributed by atoms with Gasteiger partial charge in [0.05, 0.1) is 17.7 Å². The number of hydrogen-bond donors (Lipinski definition) is 1. The molecule has 1 aliphatic rings. The van der Waals surface area contributed by atoms with E-state index in [1.54, 1.807) is 0 Å². The number of nitrogens with two attached hydrogens (primary N) is 1. The van der Waals surface area contributed by atoms with Gasteiger partial charge in [-0.2, -0.15) is 0 Å². The van der Waals surface area contributed by atoms with Crippen LogP contribution in [0.5, 0.6) is 0 Å². The average Bonchev–Trinajstić information content (AvgIpc) is 2.20. The Morgan fingerprint density at radius 3 is 2.44 bits per heavy atom. The molecule has 0 atom stereocenters. The zero-order valence-corrected chi connectivity index (χ0v) is 11.5. The van der Waals surface area contributed by atoms with Crippen molar-refractivity contribution in [2.24, 2.45) is 11.1 Å². The van der Waals surface area contributed by atoms with Gasteiger partial charge in [0, 0.05) is 12.0 Å². The van der Waals surface area contributed by atoms with Crippen LogP contribution < -0.4 is 5.73 Å². The first kappa shape index (κ1) is 13.9. The minimum Gasteiger partial charge on any atom is -0.393 e. The van der Waals surface area contributed by atoms with Crippen molar-refractivity contribution in [1.82, 2.24) is 4.90 Å². The molecule has 0 spiro atoms. The molecule has 0 amide bonds. The number of thiocarbonyl (C=S) groups is 1. The van der Waals surface area contributed by atoms with E-state index >= 15 is 0 Å². The van der Waals surface area contributed by atoms with Crippen molar-refractivity contribution >= 4 is 17.2 Å². The summed E-state index contributed by atoms with van der Waals surface area (Å²) in [7, 11) is 0. The smallest absolute Gasteiger partial charge is 0.0788 e. The lowest BCUT2D eigenvalue weighted by Crippen LogP contribution is -2.45. The van der Waals surface area contributed by atoms with Crippen LogP contribution in [0.15, 0.2) is 0 Å². The van der Waals surface area contributed by atoms with Gasteiger partial charge in [0.1, 0.15) is 0 Å². The maximum absolute atomic E-state index is 5.77. The van der Waals surface area contributed by atoms with E-state index in [0.717, 1.165) is 39.1 Å². The molecule has 1 rings (SSSR count). The van der Waals surface area contributed by atoms with Crippen molar-refractivity contribution in [1.29, 1.82) is 0 Å². The Morgan fingerprint density at radius 2 is 2.00 bits per heavy atom. The van der Waals surface area contributed by atoms with Gasteiger partial charge in [0.25, 0.3) is 0 Å². The molecule has 1 saturated heterocycles. The van der Waals surface area contributed by atoms with Crippen LogP contribution in [-0.4, -0.2) is 42.2 Å². The minimum absolute atomic E-state index is 0.0741. The second kappa shape index (κ2) is 5.94. The predicted molar refractivity (Wildman–Crippen MR) is 71.7 cm³/mol. The maximum Gasteiger partial charge on any atom is 0.0788 e. The molecule has 0 bridgehead atoms. The van der Waals surface area contributed by atoms with Crippen molar-refractivity contribution in [3.8, 4) is 0 Å². The lowest BCUT2D eigenvalue weighted by Gasteiger charge is -2.38. The fraction of sp³-hybridized carbons (Fsp3) is 0.917. The summed E-state index contributed by atoms with van der Waals surface area (Å²) in [4.78, 5) is 3.10. The van der Waals surface area contributed by atoms with E-state index in [4.69, 9.17) is 22.7 Å². The molecule has 16 heavy (non-hydrogen) atoms. The highest BCUT2D eigenvalue weighted by Crippen LogP contribution is 2.30. The third-order valence-corrected chi connectivity index (χ3v) is 3.91. The SMILES string of the molecule is CC(C)OCCN1CCC(C)(C(N)=S)CC1. The summed E-state index contributed by atoms with van der Waals surface area (Å²) in [6, 6.07) is 0. The molecule has 4 heteroatoms. The molecule has 0 saturated carbocycles. The van der Waals surface area contributed by atoms with Crippen LogP contribution in [0.2, 0.25) is 0 Å². The highest BCUT2D eigenvalue weighted by atomic mass is 32.1. The van der Waals surface area contributed by atoms with Gasteiger partial charge < -0.3 is 15.4 Å². The summed E-state index contributed by atoms with van der Waals surface area (Å²) < 4.78 is 5.55. The second-order valence-electron chi connectivity index (χ2n) is 5.19. The highest BCUT2D eigenvalue weighted by Gasteiger charge is 2.32. The van der Waals surface area contributed by atoms with Gasteiger partial charge >= 0.3 is 0 Å². The fourth-order valence-electron chi connectivity index (χ4n) is 1.93. The number of rotatable bonds is 5. The molecule has 0 aliphatic carbocycles. The molecule has 0 radical (unpaired) electrons. The average molecular weight is 244 g/mol. The van der Waals surface area contributed by atoms with Gasteiger partial charge in [-0.3, -0.25) is 0 Å². The van der Waals surface area contributed by atoms with Crippen LogP contribution in [-0.2, 0) is 4.74 Å². The summed E-state index contributed by atoms with van der Waals surface area (Å²) in [5, 5.41) is 0. The lowest BCUT2D eigenvalue weighted by atomic mass is 9.80. The van der Waals surface area contributed by atoms with Crippen LogP contribution >= 0.6 is 12.2 Å². The van der Waals surface area contributed by atoms with E-state index in [1.807, 2.05) is 0 Å². The number of nitrogens with zero attached hydrogens (tertiary/aromatic N) is 1. The molecule has 0 aromatic rings. The molecule has 0 aromatic carbocycles. The molecule has 1 aliphatic heterocycles. The van der Waals surface area contributed by atoms with E-state index in [-0.39, 0.29) is 5.41 Å². The van der Waals surface area contributed by atoms with E-state index in [2.05, 4.69) is 25.7 Å². The molecule has 0 aromatic heterocycles. The van der Waals surface area contributed by atoms with Crippen LogP contribution in [0.1, 0.15) is 33.6 Å². The standard InChI is InChI=1S/C12H24N2OS/c1-10(2)15-9-8-14-6-4-12(3,5-7-14)11(13)16/h10H,4-9H2,1-3H3,(H2,13,16). The van der Waals surface area contributed by atoms with Gasteiger partial charge in [-0.25, -0.2) is 0 Å². The summed E-state index contributed by atoms with van der Waals surface area (Å²) >= 11 is 5.12. The fourth-order valence-corrected chi connectivity index (χ4v) is 2.14. The first-order valence-corrected chi connectivity index (χ1v) is 6.49. The lowest BCUT2D eigenvalue weighted by molar-refractivity contribution is 0.0483. The van der Waals surface area contributed by atoms with E-state index in [0.29, 0.717) is 11.1 Å². The Hall–Kier alpha value is -0.190. The van der Waals surface area contributed by atoms with Gasteiger partial charge in [0.15, 0.2) is 0 Å². The third-order valence-electron chi connectivity index (χ3n) is 3.41. The van der Waals surface area contributed by atoms with Crippen LogP contribution in [0, 0.1) is 5.41 Å². The monoisotopic (exact) mass is 244 g/mol. The van der Waals surface area contributed by atoms with E-state index < -0.39 is 0 Å². The summed E-state index contributed by atoms with van der Waals surface area (Å²) in [6.07, 6.45) is 2.47. The molecule has 1 heterocycles. The second-order valence-corrected chi connectivity index (χ2v) is 5.63. The first-order valence-electron chi connectivity index (χ1n) is 6.08. The Morgan fingerprint density at radius 1 is 1.44 bits per heavy atom. The molecule has 0 unspecified atom stereocenters. The van der Waals surface area contributed by atoms with E-state index in [9.17, 15) is 0 Å². The topological polar surface area (TPSA) is 38.5 Å². The van der Waals surface area contributed by atoms with Crippen molar-refractivity contribution in [3.05, 3.63) is 0 Å². The minimum atomic E-state index is 0.0741. The van der Waals surface area contributed by atoms with Gasteiger partial charge in [0.2, 0.25) is 0 Å². The van der Waals surface area contributed by atoms with Crippen LogP contribution in [0.25, 0.3) is 0 Å². The van der Waals surface area contributed by atoms with Gasteiger partial charge in [-0.15, -0.1) is 0 Å². The number of likely N-dealkylation sites (tertiary alicyclic amines) is 1. The van der Waals surface area contributed by atoms with E-state index in [1.165, 1.54) is 0 Å². The van der Waals surface area contributed by atoms with Crippen molar-refractivity contribution < 1.29 is 4.74 Å². The molecule has 3 nitrogen and oxygen atoms in total. The Kier molecular flexibility index (Phi) is 5.15. The Labute approximate surface area is 104 Å². The molecule has 1 fully saturated rings. The van der Waals surface area contributed by atoms with Gasteiger partial charge in [-0.1, -0.05) is 19.1 Å². The zero-order valence-electron chi connectivity index (χ0n) is 10.7. The molecule has 2 N–H and O–H groups in total. The molecular weight excluding hydrogens is 220 g/mol. The predicted octanol–water partition coefficient (Wildman–Crippen LogP) is 1.80. The summed E-state index contributed by atoms with van der Waals surface area (Å²) in [5.41, 5.74) is 5.85. The summed E-state index contributed by atoms with van der Waals surface area (Å²) in [6.45, 7) is 10.3. The maximum atomic E-state index is 5.77. The van der Waals surface area contributed by atoms with Gasteiger partial charge in [-0.05, 0) is 39.8 Å². The summed E-state index contributed by atoms with van der Waals surface area (Å²) in [5.74, 6) is 0. The number of piperidine rings is 1. The normalized spacial score (nSPS) is 21.2. The van der Waals surface area contributed by atoms with Crippen molar-refractivity contribution in [2.45, 2.75) is 39.7 Å².